The van der Waals surface area contributed by atoms with Crippen LogP contribution < -0.4 is 38.6 Å². The zero-order valence-corrected chi connectivity index (χ0v) is 39.0. The minimum absolute atomic E-state index is 0.0516. The summed E-state index contributed by atoms with van der Waals surface area (Å²) < 4.78 is 60.0. The number of hydrazine groups is 1. The van der Waals surface area contributed by atoms with E-state index in [2.05, 4.69) is 21.3 Å². The Bertz CT molecular complexity index is 1220. The van der Waals surface area contributed by atoms with Crippen LogP contribution in [0.1, 0.15) is 39.0 Å². The van der Waals surface area contributed by atoms with E-state index in [1.165, 1.54) is 5.01 Å². The average Bonchev–Trinajstić information content (AvgIpc) is 3.85. The van der Waals surface area contributed by atoms with Crippen molar-refractivity contribution in [3.63, 3.8) is 0 Å². The van der Waals surface area contributed by atoms with E-state index in [-0.39, 0.29) is 42.9 Å². The molecule has 2 fully saturated rings. The number of rotatable bonds is 46. The fraction of sp³-hybridized carbons (Fsp3) is 0.878. The predicted octanol–water partition coefficient (Wildman–Crippen LogP) is -1.16. The molecule has 64 heavy (non-hydrogen) atoms. The van der Waals surface area contributed by atoms with Gasteiger partial charge in [0.15, 0.2) is 0 Å². The van der Waals surface area contributed by atoms with Crippen molar-refractivity contribution in [2.24, 2.45) is 17.3 Å². The van der Waals surface area contributed by atoms with Crippen molar-refractivity contribution >= 4 is 29.6 Å². The number of hydrogen-bond donors (Lipinski definition) is 7. The molecule has 2 unspecified atom stereocenters. The molecule has 0 aromatic rings. The van der Waals surface area contributed by atoms with Crippen molar-refractivity contribution in [1.29, 1.82) is 0 Å². The lowest BCUT2D eigenvalue weighted by molar-refractivity contribution is -0.123. The minimum atomic E-state index is -0.101. The van der Waals surface area contributed by atoms with Crippen LogP contribution in [-0.4, -0.2) is 217 Å². The summed E-state index contributed by atoms with van der Waals surface area (Å²) in [6.45, 7) is 13.2. The average molecular weight is 941 g/mol. The van der Waals surface area contributed by atoms with Crippen molar-refractivity contribution < 1.29 is 66.5 Å². The van der Waals surface area contributed by atoms with E-state index < -0.39 is 0 Å². The Hall–Kier alpha value is -2.62. The number of nitrogens with zero attached hydrogens (tertiary/aromatic N) is 1. The van der Waals surface area contributed by atoms with Gasteiger partial charge in [0.2, 0.25) is 11.8 Å². The first kappa shape index (κ1) is 57.5. The molecule has 10 N–H and O–H groups in total. The molecule has 22 nitrogen and oxygen atoms in total. The number of urea groups is 1. The summed E-state index contributed by atoms with van der Waals surface area (Å²) in [5.74, 6) is 6.92. The minimum Gasteiger partial charge on any atom is -0.399 e. The first-order chi connectivity index (χ1) is 31.3. The molecule has 0 bridgehead atoms. The number of thioether (sulfide) groups is 1. The van der Waals surface area contributed by atoms with E-state index in [4.69, 9.17) is 69.4 Å². The number of hydrogen-bond acceptors (Lipinski definition) is 19. The van der Waals surface area contributed by atoms with E-state index in [9.17, 15) is 14.4 Å². The van der Waals surface area contributed by atoms with Gasteiger partial charge in [0.1, 0.15) is 0 Å². The van der Waals surface area contributed by atoms with Gasteiger partial charge in [-0.25, -0.2) is 10.6 Å². The fourth-order valence-corrected chi connectivity index (χ4v) is 7.53. The van der Waals surface area contributed by atoms with E-state index in [0.717, 1.165) is 25.0 Å². The van der Waals surface area contributed by atoms with Gasteiger partial charge in [-0.1, -0.05) is 6.42 Å². The second-order valence-electron chi connectivity index (χ2n) is 14.6. The van der Waals surface area contributed by atoms with Gasteiger partial charge in [0, 0.05) is 48.3 Å². The number of ether oxygens (including phenoxy) is 11. The van der Waals surface area contributed by atoms with Gasteiger partial charge in [0.05, 0.1) is 171 Å². The first-order valence-electron chi connectivity index (χ1n) is 22.6. The van der Waals surface area contributed by atoms with Gasteiger partial charge in [-0.05, 0) is 19.8 Å². The van der Waals surface area contributed by atoms with Crippen LogP contribution in [0.3, 0.4) is 0 Å². The molecule has 0 spiro atoms. The zero-order valence-electron chi connectivity index (χ0n) is 38.2. The zero-order chi connectivity index (χ0) is 46.1. The van der Waals surface area contributed by atoms with Gasteiger partial charge >= 0.3 is 6.03 Å². The maximum Gasteiger partial charge on any atom is 0.315 e. The third-order valence-corrected chi connectivity index (χ3v) is 11.1. The molecule has 0 aromatic carbocycles. The Kier molecular flexibility index (Phi) is 36.5. The summed E-state index contributed by atoms with van der Waals surface area (Å²) in [7, 11) is 0. The highest BCUT2D eigenvalue weighted by Crippen LogP contribution is 2.33. The number of carbonyl (C=O) groups is 3. The van der Waals surface area contributed by atoms with E-state index in [1.807, 2.05) is 11.8 Å². The molecule has 2 aliphatic rings. The predicted molar refractivity (Wildman–Crippen MR) is 240 cm³/mol. The normalized spacial score (nSPS) is 17.2. The molecular weight excluding hydrogens is 861 g/mol. The van der Waals surface area contributed by atoms with Crippen molar-refractivity contribution in [3.8, 4) is 0 Å². The Morgan fingerprint density at radius 3 is 1.59 bits per heavy atom. The van der Waals surface area contributed by atoms with Crippen molar-refractivity contribution in [3.05, 3.63) is 11.4 Å². The second-order valence-corrected chi connectivity index (χ2v) is 15.8. The molecule has 4 amide bonds. The number of amides is 4. The van der Waals surface area contributed by atoms with Crippen LogP contribution in [0.5, 0.6) is 0 Å². The molecule has 2 heterocycles. The molecule has 0 saturated carbocycles. The van der Waals surface area contributed by atoms with Gasteiger partial charge in [-0.2, -0.15) is 11.8 Å². The fourth-order valence-electron chi connectivity index (χ4n) is 5.98. The molecule has 2 rings (SSSR count). The van der Waals surface area contributed by atoms with Crippen LogP contribution in [-0.2, 0) is 61.7 Å². The largest absolute Gasteiger partial charge is 0.399 e. The van der Waals surface area contributed by atoms with Crippen molar-refractivity contribution in [2.45, 2.75) is 56.4 Å². The van der Waals surface area contributed by atoms with Gasteiger partial charge in [-0.3, -0.25) is 9.59 Å². The molecule has 23 heteroatoms. The monoisotopic (exact) mass is 941 g/mol. The van der Waals surface area contributed by atoms with Crippen molar-refractivity contribution in [2.75, 3.05) is 177 Å². The number of carbonyl (C=O) groups excluding carboxylic acids is 3. The maximum absolute atomic E-state index is 12.3. The summed E-state index contributed by atoms with van der Waals surface area (Å²) >= 11 is 1.88. The van der Waals surface area contributed by atoms with Crippen LogP contribution in [0.4, 0.5) is 4.79 Å². The van der Waals surface area contributed by atoms with Gasteiger partial charge < -0.3 is 89.8 Å². The topological polar surface area (TPSA) is 282 Å². The lowest BCUT2D eigenvalue weighted by Gasteiger charge is -2.21. The summed E-state index contributed by atoms with van der Waals surface area (Å²) in [5, 5.41) is 13.5. The van der Waals surface area contributed by atoms with Crippen LogP contribution in [0.15, 0.2) is 11.4 Å². The summed E-state index contributed by atoms with van der Waals surface area (Å²) in [6, 6.07) is 0.322. The van der Waals surface area contributed by atoms with Crippen molar-refractivity contribution in [1.82, 2.24) is 26.3 Å². The lowest BCUT2D eigenvalue weighted by Crippen LogP contribution is -2.37. The Labute approximate surface area is 383 Å². The van der Waals surface area contributed by atoms with E-state index in [1.54, 1.807) is 6.92 Å². The summed E-state index contributed by atoms with van der Waals surface area (Å²) in [4.78, 5) is 35.8. The molecule has 374 valence electrons. The van der Waals surface area contributed by atoms with Gasteiger partial charge in [-0.15, -0.1) is 0 Å². The van der Waals surface area contributed by atoms with Crippen LogP contribution in [0.25, 0.3) is 0 Å². The summed E-state index contributed by atoms with van der Waals surface area (Å²) in [6.07, 6.45) is 3.36. The van der Waals surface area contributed by atoms with Crippen LogP contribution >= 0.6 is 11.8 Å². The maximum atomic E-state index is 12.3. The number of allylic oxidation sites excluding steroid dienone is 1. The standard InChI is InChI=1S/C41H80N8O14S/c1-34(35(43)32-46-38(50)5-3-2-4-37-40-36(33-64-37)47-41(52)48-40)49(44)9-13-56-17-21-60-25-29-63-31-30-61-26-22-57-18-14-53-10-6-39(51)45-8-12-55-16-20-59-24-28-62-27-23-58-19-15-54-11-7-42/h36-37,40H,2-33,42-44H2,1H3,(H,45,51)(H,46,50)(H2,47,48,52)/b35-34+/t36?,37-,40?/m0/s1. The highest BCUT2D eigenvalue weighted by molar-refractivity contribution is 8.00. The number of nitrogens with two attached hydrogens (primary N) is 3. The third kappa shape index (κ3) is 31.3. The first-order valence-corrected chi connectivity index (χ1v) is 23.6. The number of unbranched alkanes of at least 4 members (excludes halogenated alkanes) is 1. The second kappa shape index (κ2) is 40.6. The Morgan fingerprint density at radius 2 is 1.08 bits per heavy atom. The Morgan fingerprint density at radius 1 is 0.625 bits per heavy atom. The number of nitrogens with one attached hydrogen (secondary N) is 4. The van der Waals surface area contributed by atoms with Crippen LogP contribution in [0.2, 0.25) is 0 Å². The van der Waals surface area contributed by atoms with Crippen LogP contribution in [0, 0.1) is 0 Å². The quantitative estimate of drug-likeness (QED) is 0.0164. The number of fused-ring (bicyclic) bond motifs is 1. The van der Waals surface area contributed by atoms with E-state index in [0.29, 0.717) is 188 Å². The molecule has 2 saturated heterocycles. The molecular formula is C41H80N8O14S. The highest BCUT2D eigenvalue weighted by Gasteiger charge is 2.42. The molecule has 3 atom stereocenters. The van der Waals surface area contributed by atoms with Gasteiger partial charge in [0.25, 0.3) is 0 Å². The lowest BCUT2D eigenvalue weighted by atomic mass is 10.0. The third-order valence-electron chi connectivity index (χ3n) is 9.58. The summed E-state index contributed by atoms with van der Waals surface area (Å²) in [5.41, 5.74) is 12.7. The molecule has 0 radical (unpaired) electrons. The molecule has 0 aromatic heterocycles. The highest BCUT2D eigenvalue weighted by atomic mass is 32.2. The smallest absolute Gasteiger partial charge is 0.315 e. The SMILES string of the molecule is C/C(=C(\N)CNC(=O)CCCC[C@@H]1SCC2NC(=O)NC21)N(N)CCOCCOCCOCCOCCOCCOCCC(=O)NCCOCCOCCOCCOCCOCCN. The van der Waals surface area contributed by atoms with E-state index >= 15 is 0 Å². The molecule has 0 aliphatic carbocycles. The Balaban J connectivity index is 1.23. The molecule has 2 aliphatic heterocycles.